The van der Waals surface area contributed by atoms with Crippen molar-refractivity contribution in [2.24, 2.45) is 0 Å². The molecule has 8 heteroatoms. The third kappa shape index (κ3) is 3.00. The summed E-state index contributed by atoms with van der Waals surface area (Å²) in [5.74, 6) is 1.09. The molecule has 4 heterocycles. The first-order chi connectivity index (χ1) is 11.8. The quantitative estimate of drug-likeness (QED) is 0.729. The molecular weight excluding hydrogens is 304 g/mol. The van der Waals surface area contributed by atoms with Crippen LogP contribution < -0.4 is 11.1 Å². The first-order valence-electron chi connectivity index (χ1n) is 8.18. The average Bonchev–Trinajstić information content (AvgIpc) is 3.25. The Morgan fingerprint density at radius 2 is 1.83 bits per heavy atom. The molecule has 124 valence electrons. The fraction of sp³-hybridized carbons (Fsp3) is 0.375. The molecule has 3 aromatic heterocycles. The molecule has 1 fully saturated rings. The number of hydrogen-bond acceptors (Lipinski definition) is 7. The van der Waals surface area contributed by atoms with Crippen molar-refractivity contribution in [3.8, 4) is 11.3 Å². The van der Waals surface area contributed by atoms with E-state index in [0.717, 1.165) is 35.8 Å². The second-order valence-electron chi connectivity index (χ2n) is 5.94. The lowest BCUT2D eigenvalue weighted by atomic mass is 10.3. The zero-order valence-electron chi connectivity index (χ0n) is 13.4. The summed E-state index contributed by atoms with van der Waals surface area (Å²) in [5.41, 5.74) is 8.01. The second-order valence-corrected chi connectivity index (χ2v) is 5.94. The van der Waals surface area contributed by atoms with Gasteiger partial charge in [0.05, 0.1) is 11.9 Å². The van der Waals surface area contributed by atoms with Crippen LogP contribution >= 0.6 is 0 Å². The van der Waals surface area contributed by atoms with Crippen LogP contribution in [0.15, 0.2) is 30.7 Å². The van der Waals surface area contributed by atoms with E-state index in [2.05, 4.69) is 30.3 Å². The van der Waals surface area contributed by atoms with Crippen LogP contribution in [-0.4, -0.2) is 55.6 Å². The molecule has 24 heavy (non-hydrogen) atoms. The molecule has 0 bridgehead atoms. The number of imidazole rings is 1. The van der Waals surface area contributed by atoms with Gasteiger partial charge in [-0.3, -0.25) is 0 Å². The highest BCUT2D eigenvalue weighted by atomic mass is 15.3. The largest absolute Gasteiger partial charge is 0.368 e. The van der Waals surface area contributed by atoms with Crippen LogP contribution in [0.4, 0.5) is 11.8 Å². The number of fused-ring (bicyclic) bond motifs is 1. The van der Waals surface area contributed by atoms with Gasteiger partial charge in [0.2, 0.25) is 5.95 Å². The maximum Gasteiger partial charge on any atom is 0.219 e. The predicted octanol–water partition coefficient (Wildman–Crippen LogP) is 1.28. The first-order valence-corrected chi connectivity index (χ1v) is 8.18. The van der Waals surface area contributed by atoms with Gasteiger partial charge in [0, 0.05) is 31.0 Å². The lowest BCUT2D eigenvalue weighted by Crippen LogP contribution is -2.26. The fourth-order valence-corrected chi connectivity index (χ4v) is 2.98. The zero-order chi connectivity index (χ0) is 16.4. The maximum atomic E-state index is 5.55. The number of nitrogen functional groups attached to an aromatic ring is 1. The van der Waals surface area contributed by atoms with E-state index in [-0.39, 0.29) is 5.95 Å². The van der Waals surface area contributed by atoms with Crippen LogP contribution in [0.2, 0.25) is 0 Å². The lowest BCUT2D eigenvalue weighted by molar-refractivity contribution is 0.352. The predicted molar refractivity (Wildman–Crippen MR) is 92.6 cm³/mol. The van der Waals surface area contributed by atoms with Gasteiger partial charge in [0.15, 0.2) is 5.65 Å². The van der Waals surface area contributed by atoms with Gasteiger partial charge in [-0.05, 0) is 38.1 Å². The number of nitrogens with one attached hydrogen (secondary N) is 1. The smallest absolute Gasteiger partial charge is 0.219 e. The summed E-state index contributed by atoms with van der Waals surface area (Å²) in [6.07, 6.45) is 7.76. The molecule has 0 amide bonds. The average molecular weight is 324 g/mol. The Kier molecular flexibility index (Phi) is 3.96. The minimum atomic E-state index is 0.254. The van der Waals surface area contributed by atoms with Crippen molar-refractivity contribution in [2.75, 3.05) is 37.2 Å². The fourth-order valence-electron chi connectivity index (χ4n) is 2.98. The number of hydrogen-bond donors (Lipinski definition) is 2. The monoisotopic (exact) mass is 324 g/mol. The highest BCUT2D eigenvalue weighted by Crippen LogP contribution is 2.19. The first kappa shape index (κ1) is 14.8. The van der Waals surface area contributed by atoms with Crippen LogP contribution in [0.5, 0.6) is 0 Å². The van der Waals surface area contributed by atoms with Crippen molar-refractivity contribution in [1.82, 2.24) is 29.5 Å². The van der Waals surface area contributed by atoms with Crippen LogP contribution in [0.1, 0.15) is 12.8 Å². The highest BCUT2D eigenvalue weighted by Gasteiger charge is 2.11. The van der Waals surface area contributed by atoms with E-state index in [0.29, 0.717) is 0 Å². The molecule has 8 nitrogen and oxygen atoms in total. The second kappa shape index (κ2) is 6.40. The number of likely N-dealkylation sites (tertiary alicyclic amines) is 1. The van der Waals surface area contributed by atoms with Crippen LogP contribution in [0.25, 0.3) is 16.9 Å². The van der Waals surface area contributed by atoms with E-state index in [1.54, 1.807) is 23.1 Å². The van der Waals surface area contributed by atoms with Gasteiger partial charge in [-0.2, -0.15) is 0 Å². The molecular formula is C16H20N8. The maximum absolute atomic E-state index is 5.55. The van der Waals surface area contributed by atoms with Crippen molar-refractivity contribution in [3.05, 3.63) is 30.7 Å². The van der Waals surface area contributed by atoms with Gasteiger partial charge in [-0.25, -0.2) is 19.5 Å². The summed E-state index contributed by atoms with van der Waals surface area (Å²) in [6, 6.07) is 3.91. The normalized spacial score (nSPS) is 15.2. The van der Waals surface area contributed by atoms with Crippen molar-refractivity contribution in [2.45, 2.75) is 12.8 Å². The molecule has 0 radical (unpaired) electrons. The molecule has 0 atom stereocenters. The molecule has 0 unspecified atom stereocenters. The molecule has 3 N–H and O–H groups in total. The van der Waals surface area contributed by atoms with Crippen LogP contribution in [0, 0.1) is 0 Å². The minimum Gasteiger partial charge on any atom is -0.368 e. The Morgan fingerprint density at radius 3 is 2.62 bits per heavy atom. The number of nitrogens with two attached hydrogens (primary N) is 1. The molecule has 4 rings (SSSR count). The standard InChI is InChI=1S/C16H20N8/c17-16-20-9-12(10-21-16)13-11-19-15-4-3-14(22-24(13)15)18-5-8-23-6-1-2-7-23/h3-4,9-11H,1-2,5-8H2,(H,18,22)(H2,17,20,21). The minimum absolute atomic E-state index is 0.254. The van der Waals surface area contributed by atoms with E-state index in [1.807, 2.05) is 12.1 Å². The lowest BCUT2D eigenvalue weighted by Gasteiger charge is -2.15. The van der Waals surface area contributed by atoms with E-state index < -0.39 is 0 Å². The molecule has 0 spiro atoms. The summed E-state index contributed by atoms with van der Waals surface area (Å²) >= 11 is 0. The Hall–Kier alpha value is -2.74. The van der Waals surface area contributed by atoms with Crippen molar-refractivity contribution < 1.29 is 0 Å². The Bertz CT molecular complexity index is 820. The van der Waals surface area contributed by atoms with E-state index in [4.69, 9.17) is 5.73 Å². The van der Waals surface area contributed by atoms with E-state index >= 15 is 0 Å². The summed E-state index contributed by atoms with van der Waals surface area (Å²) in [4.78, 5) is 14.9. The highest BCUT2D eigenvalue weighted by molar-refractivity contribution is 5.62. The summed E-state index contributed by atoms with van der Waals surface area (Å²) in [7, 11) is 0. The third-order valence-electron chi connectivity index (χ3n) is 4.26. The molecule has 1 saturated heterocycles. The molecule has 1 aliphatic rings. The van der Waals surface area contributed by atoms with Gasteiger partial charge >= 0.3 is 0 Å². The number of anilines is 2. The Labute approximate surface area is 139 Å². The topological polar surface area (TPSA) is 97.3 Å². The van der Waals surface area contributed by atoms with Crippen LogP contribution in [-0.2, 0) is 0 Å². The molecule has 0 aliphatic carbocycles. The molecule has 0 aromatic carbocycles. The molecule has 0 saturated carbocycles. The van der Waals surface area contributed by atoms with Crippen molar-refractivity contribution in [3.63, 3.8) is 0 Å². The van der Waals surface area contributed by atoms with E-state index in [1.165, 1.54) is 25.9 Å². The number of rotatable bonds is 5. The Balaban J connectivity index is 1.53. The third-order valence-corrected chi connectivity index (χ3v) is 4.26. The van der Waals surface area contributed by atoms with E-state index in [9.17, 15) is 0 Å². The van der Waals surface area contributed by atoms with Gasteiger partial charge in [0.25, 0.3) is 0 Å². The summed E-state index contributed by atoms with van der Waals surface area (Å²) < 4.78 is 1.80. The van der Waals surface area contributed by atoms with Gasteiger partial charge < -0.3 is 16.0 Å². The van der Waals surface area contributed by atoms with Crippen molar-refractivity contribution >= 4 is 17.4 Å². The molecule has 1 aliphatic heterocycles. The summed E-state index contributed by atoms with van der Waals surface area (Å²) in [5, 5.41) is 8.02. The van der Waals surface area contributed by atoms with Crippen LogP contribution in [0.3, 0.4) is 0 Å². The van der Waals surface area contributed by atoms with Crippen molar-refractivity contribution in [1.29, 1.82) is 0 Å². The van der Waals surface area contributed by atoms with Gasteiger partial charge in [0.1, 0.15) is 5.82 Å². The number of nitrogens with zero attached hydrogens (tertiary/aromatic N) is 6. The Morgan fingerprint density at radius 1 is 1.04 bits per heavy atom. The van der Waals surface area contributed by atoms with Gasteiger partial charge in [-0.1, -0.05) is 0 Å². The summed E-state index contributed by atoms with van der Waals surface area (Å²) in [6.45, 7) is 4.34. The van der Waals surface area contributed by atoms with Gasteiger partial charge in [-0.15, -0.1) is 5.10 Å². The SMILES string of the molecule is Nc1ncc(-c2cnc3ccc(NCCN4CCCC4)nn23)cn1. The number of aromatic nitrogens is 5. The molecule has 3 aromatic rings. The zero-order valence-corrected chi connectivity index (χ0v) is 13.4.